The third kappa shape index (κ3) is 2.60. The smallest absolute Gasteiger partial charge is 0.134 e. The summed E-state index contributed by atoms with van der Waals surface area (Å²) in [4.78, 5) is 4.29. The fourth-order valence-electron chi connectivity index (χ4n) is 2.09. The van der Waals surface area contributed by atoms with Gasteiger partial charge in [-0.15, -0.1) is 0 Å². The zero-order valence-electron chi connectivity index (χ0n) is 10.7. The number of hydrogen-bond donors (Lipinski definition) is 2. The van der Waals surface area contributed by atoms with Crippen molar-refractivity contribution in [2.75, 3.05) is 5.32 Å². The quantitative estimate of drug-likeness (QED) is 0.752. The molecule has 2 aromatic carbocycles. The van der Waals surface area contributed by atoms with Crippen LogP contribution in [0.15, 0.2) is 59.2 Å². The van der Waals surface area contributed by atoms with Gasteiger partial charge in [0.25, 0.3) is 0 Å². The normalized spacial score (nSPS) is 10.7. The molecule has 100 valence electrons. The van der Waals surface area contributed by atoms with Crippen LogP contribution in [0.4, 0.5) is 5.69 Å². The number of anilines is 1. The Bertz CT molecular complexity index is 758. The van der Waals surface area contributed by atoms with Gasteiger partial charge in [-0.3, -0.25) is 4.98 Å². The fraction of sp³-hybridized carbons (Fsp3) is 0.0625. The van der Waals surface area contributed by atoms with Crippen molar-refractivity contribution < 1.29 is 5.11 Å². The van der Waals surface area contributed by atoms with Crippen LogP contribution in [-0.4, -0.2) is 10.1 Å². The molecule has 0 aliphatic rings. The minimum absolute atomic E-state index is 0.280. The van der Waals surface area contributed by atoms with Crippen molar-refractivity contribution in [1.82, 2.24) is 4.98 Å². The highest BCUT2D eigenvalue weighted by atomic mass is 79.9. The predicted molar refractivity (Wildman–Crippen MR) is 84.9 cm³/mol. The number of nitrogens with zero attached hydrogens (tertiary/aromatic N) is 1. The molecule has 0 saturated heterocycles. The van der Waals surface area contributed by atoms with Crippen LogP contribution in [-0.2, 0) is 6.54 Å². The Morgan fingerprint density at radius 2 is 2.00 bits per heavy atom. The first-order chi connectivity index (χ1) is 9.74. The summed E-state index contributed by atoms with van der Waals surface area (Å²) in [5.74, 6) is 0.280. The number of aromatic hydroxyl groups is 1. The molecule has 0 aliphatic heterocycles. The maximum Gasteiger partial charge on any atom is 0.134 e. The molecule has 0 fully saturated rings. The molecule has 0 bridgehead atoms. The minimum Gasteiger partial charge on any atom is -0.506 e. The van der Waals surface area contributed by atoms with E-state index in [4.69, 9.17) is 0 Å². The molecule has 0 unspecified atom stereocenters. The fourth-order valence-corrected chi connectivity index (χ4v) is 2.49. The van der Waals surface area contributed by atoms with Gasteiger partial charge in [-0.2, -0.15) is 0 Å². The summed E-state index contributed by atoms with van der Waals surface area (Å²) in [6, 6.07) is 15.6. The van der Waals surface area contributed by atoms with E-state index < -0.39 is 0 Å². The number of phenolic OH excluding ortho intramolecular Hbond substituents is 1. The van der Waals surface area contributed by atoms with E-state index in [1.54, 1.807) is 6.20 Å². The van der Waals surface area contributed by atoms with E-state index in [1.165, 1.54) is 0 Å². The largest absolute Gasteiger partial charge is 0.506 e. The van der Waals surface area contributed by atoms with E-state index in [1.807, 2.05) is 42.5 Å². The summed E-state index contributed by atoms with van der Waals surface area (Å²) in [6.07, 6.45) is 1.79. The van der Waals surface area contributed by atoms with Crippen LogP contribution in [0.3, 0.4) is 0 Å². The molecule has 3 aromatic rings. The molecule has 20 heavy (non-hydrogen) atoms. The van der Waals surface area contributed by atoms with E-state index in [2.05, 4.69) is 32.3 Å². The maximum atomic E-state index is 9.95. The number of halogens is 1. The third-order valence-electron chi connectivity index (χ3n) is 3.16. The summed E-state index contributed by atoms with van der Waals surface area (Å²) in [7, 11) is 0. The molecule has 0 radical (unpaired) electrons. The molecule has 4 heteroatoms. The Morgan fingerprint density at radius 1 is 1.10 bits per heavy atom. The van der Waals surface area contributed by atoms with Gasteiger partial charge in [-0.1, -0.05) is 18.2 Å². The zero-order chi connectivity index (χ0) is 13.9. The molecule has 3 rings (SSSR count). The van der Waals surface area contributed by atoms with Gasteiger partial charge in [0.15, 0.2) is 0 Å². The van der Waals surface area contributed by atoms with Crippen molar-refractivity contribution >= 4 is 32.5 Å². The van der Waals surface area contributed by atoms with E-state index in [0.29, 0.717) is 11.0 Å². The van der Waals surface area contributed by atoms with Crippen LogP contribution in [0, 0.1) is 0 Å². The summed E-state index contributed by atoms with van der Waals surface area (Å²) >= 11 is 3.32. The summed E-state index contributed by atoms with van der Waals surface area (Å²) in [5.41, 5.74) is 2.83. The molecule has 1 heterocycles. The van der Waals surface area contributed by atoms with Gasteiger partial charge in [-0.05, 0) is 46.3 Å². The number of aromatic nitrogens is 1. The molecule has 0 spiro atoms. The van der Waals surface area contributed by atoms with Crippen LogP contribution in [0.2, 0.25) is 0 Å². The van der Waals surface area contributed by atoms with Crippen LogP contribution in [0.1, 0.15) is 5.56 Å². The van der Waals surface area contributed by atoms with Crippen molar-refractivity contribution in [2.45, 2.75) is 6.54 Å². The predicted octanol–water partition coefficient (Wildman–Crippen LogP) is 4.32. The molecule has 3 nitrogen and oxygen atoms in total. The second-order valence-corrected chi connectivity index (χ2v) is 5.37. The number of para-hydroxylation sites is 1. The Hall–Kier alpha value is -2.07. The average Bonchev–Trinajstić information content (AvgIpc) is 2.48. The summed E-state index contributed by atoms with van der Waals surface area (Å²) in [6.45, 7) is 0.567. The number of benzene rings is 2. The van der Waals surface area contributed by atoms with Gasteiger partial charge in [0, 0.05) is 29.4 Å². The van der Waals surface area contributed by atoms with E-state index in [9.17, 15) is 5.11 Å². The van der Waals surface area contributed by atoms with Gasteiger partial charge in [0.1, 0.15) is 5.75 Å². The molecule has 2 N–H and O–H groups in total. The second-order valence-electron chi connectivity index (χ2n) is 4.51. The van der Waals surface area contributed by atoms with Crippen molar-refractivity contribution in [3.63, 3.8) is 0 Å². The molecule has 0 aliphatic carbocycles. The third-order valence-corrected chi connectivity index (χ3v) is 3.80. The highest BCUT2D eigenvalue weighted by Gasteiger charge is 2.04. The highest BCUT2D eigenvalue weighted by Crippen LogP contribution is 2.28. The van der Waals surface area contributed by atoms with Crippen LogP contribution >= 0.6 is 15.9 Å². The van der Waals surface area contributed by atoms with Crippen molar-refractivity contribution in [3.05, 3.63) is 64.8 Å². The number of fused-ring (bicyclic) bond motifs is 1. The Balaban J connectivity index is 1.81. The first-order valence-electron chi connectivity index (χ1n) is 6.29. The van der Waals surface area contributed by atoms with Crippen LogP contribution in [0.25, 0.3) is 10.9 Å². The van der Waals surface area contributed by atoms with Crippen LogP contribution < -0.4 is 5.32 Å². The molecular weight excluding hydrogens is 316 g/mol. The molecule has 0 saturated carbocycles. The Labute approximate surface area is 125 Å². The standard InChI is InChI=1S/C16H13BrN2O/c17-14-5-1-3-12(16(14)20)10-19-13-6-7-15-11(9-13)4-2-8-18-15/h1-9,19-20H,10H2. The van der Waals surface area contributed by atoms with Gasteiger partial charge >= 0.3 is 0 Å². The van der Waals surface area contributed by atoms with E-state index in [0.717, 1.165) is 22.2 Å². The number of hydrogen-bond acceptors (Lipinski definition) is 3. The van der Waals surface area contributed by atoms with Crippen molar-refractivity contribution in [3.8, 4) is 5.75 Å². The van der Waals surface area contributed by atoms with E-state index >= 15 is 0 Å². The van der Waals surface area contributed by atoms with Gasteiger partial charge in [0.05, 0.1) is 9.99 Å². The number of nitrogens with one attached hydrogen (secondary N) is 1. The first kappa shape index (κ1) is 12.9. The maximum absolute atomic E-state index is 9.95. The Morgan fingerprint density at radius 3 is 2.90 bits per heavy atom. The molecule has 0 atom stereocenters. The highest BCUT2D eigenvalue weighted by molar-refractivity contribution is 9.10. The number of pyridine rings is 1. The first-order valence-corrected chi connectivity index (χ1v) is 7.08. The van der Waals surface area contributed by atoms with Crippen molar-refractivity contribution in [2.24, 2.45) is 0 Å². The van der Waals surface area contributed by atoms with Gasteiger partial charge in [-0.25, -0.2) is 0 Å². The van der Waals surface area contributed by atoms with Gasteiger partial charge in [0.2, 0.25) is 0 Å². The van der Waals surface area contributed by atoms with Crippen molar-refractivity contribution in [1.29, 1.82) is 0 Å². The van der Waals surface area contributed by atoms with Crippen LogP contribution in [0.5, 0.6) is 5.75 Å². The molecule has 1 aromatic heterocycles. The lowest BCUT2D eigenvalue weighted by Gasteiger charge is -2.09. The molecular formula is C16H13BrN2O. The number of phenols is 1. The minimum atomic E-state index is 0.280. The number of rotatable bonds is 3. The SMILES string of the molecule is Oc1c(Br)cccc1CNc1ccc2ncccc2c1. The van der Waals surface area contributed by atoms with Gasteiger partial charge < -0.3 is 10.4 Å². The lowest BCUT2D eigenvalue weighted by molar-refractivity contribution is 0.465. The van der Waals surface area contributed by atoms with E-state index in [-0.39, 0.29) is 5.75 Å². The summed E-state index contributed by atoms with van der Waals surface area (Å²) < 4.78 is 0.708. The summed E-state index contributed by atoms with van der Waals surface area (Å²) in [5, 5.41) is 14.4. The Kier molecular flexibility index (Phi) is 3.56. The lowest BCUT2D eigenvalue weighted by atomic mass is 10.1. The topological polar surface area (TPSA) is 45.1 Å². The lowest BCUT2D eigenvalue weighted by Crippen LogP contribution is -1.99. The zero-order valence-corrected chi connectivity index (χ0v) is 12.3. The molecule has 0 amide bonds. The monoisotopic (exact) mass is 328 g/mol. The average molecular weight is 329 g/mol. The second kappa shape index (κ2) is 5.51.